The minimum absolute atomic E-state index is 0.131. The average molecular weight is 1730 g/mol. The van der Waals surface area contributed by atoms with E-state index < -0.39 is 231 Å². The van der Waals surface area contributed by atoms with Crippen LogP contribution in [0.5, 0.6) is 74.7 Å². The summed E-state index contributed by atoms with van der Waals surface area (Å²) < 4.78 is 425. The number of aryl methyl sites for hydroxylation is 3. The minimum atomic E-state index is -5.44. The second kappa shape index (κ2) is 36.4. The van der Waals surface area contributed by atoms with Crippen molar-refractivity contribution in [3.8, 4) is 74.7 Å². The van der Waals surface area contributed by atoms with E-state index in [1.54, 1.807) is 0 Å². The number of carbonyl (C=O) groups excluding carboxylic acids is 6. The number of nitrogens with one attached hydrogen (secondary N) is 3. The number of anilines is 3. The second-order valence-electron chi connectivity index (χ2n) is 22.7. The fourth-order valence-corrected chi connectivity index (χ4v) is 9.52. The Bertz CT molecular complexity index is 5760. The maximum atomic E-state index is 15.3. The number of ether oxygens (including phenoxy) is 11. The Morgan fingerprint density at radius 1 is 0.353 bits per heavy atom. The van der Waals surface area contributed by atoms with E-state index in [0.29, 0.717) is 60.7 Å². The molecule has 7 N–H and O–H groups in total. The van der Waals surface area contributed by atoms with Gasteiger partial charge in [0, 0.05) is 35.7 Å². The largest absolute Gasteiger partial charge is 0.573 e. The van der Waals surface area contributed by atoms with Gasteiger partial charge in [-0.05, 0) is 128 Å². The average Bonchev–Trinajstić information content (AvgIpc) is 0.770. The highest BCUT2D eigenvalue weighted by Gasteiger charge is 2.43. The summed E-state index contributed by atoms with van der Waals surface area (Å²) >= 11 is 0. The van der Waals surface area contributed by atoms with Crippen LogP contribution in [-0.4, -0.2) is 105 Å². The molecular formula is C71H49F23N8O17. The van der Waals surface area contributed by atoms with E-state index in [0.717, 1.165) is 51.0 Å². The number of alkyl halides is 18. The van der Waals surface area contributed by atoms with Gasteiger partial charge in [0.1, 0.15) is 56.8 Å². The standard InChI is InChI=1S/C24H16F8N2O6.C24H18F7N3O6.C23H15F8N3O5/c1-10-9-33-13(22(36)38-3)8-12(10)34-21(35)17-14(5-4-11(18(17)25)23(27,28)29)39-16-7-6-15(40-24(30,31)32)19(26)20(16)37-2;1-10-9-33-13(21(32)35)8-12(10)34-22(36)17-14(5-4-11(19(17)37-2)23(26,27)28)39-16-7-6-15(40-24(29,30)31)18(25)20(16)38-3;1-9-8-33-12(20(32)35)7-11(9)34-21(36)16-13(4-3-10(17(16)24)22(26,27)28)38-15-6-5-14(39-23(29,30)31)18(25)19(15)37-2/h4-9H,1-3H3,(H,33,34,35);4-9H,1-3H3,(H2,32,35)(H,33,34,36);3-8H,1-2H3,(H2,32,35)(H,33,34,36)/i2D3;3D3;2D3. The number of carbonyl (C=O) groups is 6. The van der Waals surface area contributed by atoms with Crippen LogP contribution >= 0.6 is 0 Å². The quantitative estimate of drug-likeness (QED) is 0.0311. The maximum Gasteiger partial charge on any atom is 0.573 e. The molecule has 0 aliphatic heterocycles. The van der Waals surface area contributed by atoms with Crippen LogP contribution in [-0.2, 0) is 23.3 Å². The molecule has 0 aliphatic carbocycles. The van der Waals surface area contributed by atoms with Crippen LogP contribution in [0.25, 0.3) is 0 Å². The second-order valence-corrected chi connectivity index (χ2v) is 22.7. The molecule has 0 spiro atoms. The van der Waals surface area contributed by atoms with Crippen molar-refractivity contribution < 1.29 is 194 Å². The van der Waals surface area contributed by atoms with Gasteiger partial charge in [-0.3, -0.25) is 33.9 Å². The number of primary amides is 2. The number of nitrogens with zero attached hydrogens (tertiary/aromatic N) is 3. The topological polar surface area (TPSA) is 331 Å². The summed E-state index contributed by atoms with van der Waals surface area (Å²) in [5.74, 6) is -34.6. The molecule has 0 radical (unpaired) electrons. The molecule has 9 rings (SSSR count). The van der Waals surface area contributed by atoms with Gasteiger partial charge in [-0.25, -0.2) is 18.6 Å². The highest BCUT2D eigenvalue weighted by atomic mass is 19.4. The lowest BCUT2D eigenvalue weighted by Gasteiger charge is -2.20. The van der Waals surface area contributed by atoms with Gasteiger partial charge >= 0.3 is 43.6 Å². The van der Waals surface area contributed by atoms with E-state index in [1.165, 1.54) is 20.8 Å². The summed E-state index contributed by atoms with van der Waals surface area (Å²) in [4.78, 5) is 85.6. The number of hydrogen-bond acceptors (Lipinski definition) is 20. The van der Waals surface area contributed by atoms with E-state index in [4.69, 9.17) is 42.8 Å². The Labute approximate surface area is 662 Å². The number of rotatable bonds is 22. The molecule has 0 fully saturated rings. The van der Waals surface area contributed by atoms with Gasteiger partial charge in [-0.1, -0.05) is 0 Å². The SMILES string of the molecule is [2H]C([2H])([2H])Oc1c(Oc2ccc(C(F)(F)F)c(F)c2C(=O)Nc2cc(C(=O)OC)ncc2C)ccc(OC(F)(F)F)c1F.[2H]C([2H])([2H])Oc1c(Oc2ccc(C(F)(F)F)c(F)c2C(=O)Nc2cc(C(N)=O)ncc2C)ccc(OC(F)(F)F)c1F.[2H]C([2H])([2H])Oc1c(Oc2ccc(C(F)(F)F)c(OC)c2C(=O)Nc2cc(C(N)=O)ncc2C)ccc(OC(F)(F)F)c1F. The van der Waals surface area contributed by atoms with Crippen molar-refractivity contribution in [2.45, 2.75) is 58.4 Å². The van der Waals surface area contributed by atoms with Crippen molar-refractivity contribution in [2.75, 3.05) is 51.3 Å². The van der Waals surface area contributed by atoms with E-state index in [1.807, 2.05) is 0 Å². The number of amides is 5. The summed E-state index contributed by atoms with van der Waals surface area (Å²) in [6, 6.07) is 7.48. The first kappa shape index (κ1) is 78.8. The number of pyridine rings is 3. The Morgan fingerprint density at radius 3 is 0.899 bits per heavy atom. The molecule has 48 heteroatoms. The Kier molecular flexibility index (Phi) is 24.1. The molecule has 25 nitrogen and oxygen atoms in total. The number of esters is 1. The highest BCUT2D eigenvalue weighted by molar-refractivity contribution is 6.10. The van der Waals surface area contributed by atoms with Gasteiger partial charge in [0.15, 0.2) is 46.1 Å². The first-order valence-electron chi connectivity index (χ1n) is 35.6. The lowest BCUT2D eigenvalue weighted by molar-refractivity contribution is -0.276. The molecular weight excluding hydrogens is 1670 g/mol. The third-order valence-corrected chi connectivity index (χ3v) is 14.8. The molecule has 3 aromatic heterocycles. The zero-order chi connectivity index (χ0) is 96.8. The smallest absolute Gasteiger partial charge is 0.495 e. The fraction of sp³-hybridized carbons (Fsp3) is 0.197. The van der Waals surface area contributed by atoms with Gasteiger partial charge in [0.05, 0.1) is 64.4 Å². The normalized spacial score (nSPS) is 13.0. The predicted octanol–water partition coefficient (Wildman–Crippen LogP) is 17.8. The Morgan fingerprint density at radius 2 is 0.622 bits per heavy atom. The number of hydrogen-bond donors (Lipinski definition) is 5. The van der Waals surface area contributed by atoms with Crippen molar-refractivity contribution in [2.24, 2.45) is 11.5 Å². The first-order valence-corrected chi connectivity index (χ1v) is 31.1. The monoisotopic (exact) mass is 1730 g/mol. The molecule has 0 unspecified atom stereocenters. The number of aromatic nitrogens is 3. The molecule has 0 saturated carbocycles. The Balaban J connectivity index is 0.000000263. The number of nitrogens with two attached hydrogens (primary N) is 2. The highest BCUT2D eigenvalue weighted by Crippen LogP contribution is 2.49. The minimum Gasteiger partial charge on any atom is -0.495 e. The van der Waals surface area contributed by atoms with Crippen LogP contribution < -0.4 is 74.8 Å². The molecule has 9 aromatic rings. The molecule has 0 bridgehead atoms. The van der Waals surface area contributed by atoms with E-state index >= 15 is 8.78 Å². The lowest BCUT2D eigenvalue weighted by Crippen LogP contribution is -2.20. The van der Waals surface area contributed by atoms with Crippen LogP contribution in [0, 0.1) is 49.9 Å². The summed E-state index contributed by atoms with van der Waals surface area (Å²) in [5.41, 5.74) is -0.172. The van der Waals surface area contributed by atoms with E-state index in [9.17, 15) is 121 Å². The zero-order valence-electron chi connectivity index (χ0n) is 68.0. The van der Waals surface area contributed by atoms with Crippen molar-refractivity contribution >= 4 is 52.6 Å². The van der Waals surface area contributed by atoms with Crippen LogP contribution in [0.2, 0.25) is 0 Å². The molecule has 5 amide bonds. The summed E-state index contributed by atoms with van der Waals surface area (Å²) in [5, 5.41) is 6.37. The molecule has 0 aliphatic rings. The van der Waals surface area contributed by atoms with Crippen LogP contribution in [0.3, 0.4) is 0 Å². The maximum absolute atomic E-state index is 15.3. The molecule has 119 heavy (non-hydrogen) atoms. The zero-order valence-corrected chi connectivity index (χ0v) is 59.0. The van der Waals surface area contributed by atoms with Gasteiger partial charge in [-0.2, -0.15) is 52.7 Å². The van der Waals surface area contributed by atoms with Crippen molar-refractivity contribution in [1.29, 1.82) is 0 Å². The van der Waals surface area contributed by atoms with Gasteiger partial charge in [0.25, 0.3) is 29.5 Å². The van der Waals surface area contributed by atoms with Crippen LogP contribution in [0.15, 0.2) is 110 Å². The summed E-state index contributed by atoms with van der Waals surface area (Å²) in [6.45, 7) is 4.12. The first-order chi connectivity index (χ1) is 58.6. The molecule has 0 saturated heterocycles. The van der Waals surface area contributed by atoms with E-state index in [-0.39, 0.29) is 63.0 Å². The predicted molar refractivity (Wildman–Crippen MR) is 359 cm³/mol. The van der Waals surface area contributed by atoms with Gasteiger partial charge in [-0.15, -0.1) is 39.5 Å². The van der Waals surface area contributed by atoms with Crippen molar-refractivity contribution in [3.05, 3.63) is 206 Å². The molecule has 3 heterocycles. The Hall–Kier alpha value is -14.0. The van der Waals surface area contributed by atoms with Crippen molar-refractivity contribution in [3.63, 3.8) is 0 Å². The third kappa shape index (κ3) is 22.8. The van der Waals surface area contributed by atoms with Crippen LogP contribution in [0.1, 0.15) is 108 Å². The van der Waals surface area contributed by atoms with Gasteiger partial charge in [0.2, 0.25) is 34.7 Å². The lowest BCUT2D eigenvalue weighted by atomic mass is 10.1. The van der Waals surface area contributed by atoms with E-state index in [2.05, 4.69) is 64.1 Å². The third-order valence-electron chi connectivity index (χ3n) is 14.8. The number of benzene rings is 6. The summed E-state index contributed by atoms with van der Waals surface area (Å²) in [6.07, 6.45) is -28.8. The summed E-state index contributed by atoms with van der Waals surface area (Å²) in [7, 11) is -8.71. The van der Waals surface area contributed by atoms with Gasteiger partial charge < -0.3 is 79.5 Å². The molecule has 6 aromatic carbocycles. The van der Waals surface area contributed by atoms with Crippen molar-refractivity contribution in [1.82, 2.24) is 15.0 Å². The number of halogens is 23. The molecule has 636 valence electrons. The fourth-order valence-electron chi connectivity index (χ4n) is 9.52. The molecule has 0 atom stereocenters. The number of methoxy groups -OCH3 is 5. The van der Waals surface area contributed by atoms with Crippen LogP contribution in [0.4, 0.5) is 118 Å².